The number of halogens is 3. The van der Waals surface area contributed by atoms with Crippen LogP contribution in [0.3, 0.4) is 0 Å². The fourth-order valence-corrected chi connectivity index (χ4v) is 0.919. The number of aldehydes is 1. The molecule has 0 spiro atoms. The maximum atomic E-state index is 12.6. The van der Waals surface area contributed by atoms with Crippen LogP contribution >= 0.6 is 11.8 Å². The Labute approximate surface area is 66.6 Å². The first kappa shape index (κ1) is 10.8. The fourth-order valence-electron chi connectivity index (χ4n) is 0.428. The number of rotatable bonds is 5. The van der Waals surface area contributed by atoms with Crippen LogP contribution in [-0.4, -0.2) is 29.4 Å². The predicted molar refractivity (Wildman–Crippen MR) is 37.0 cm³/mol. The summed E-state index contributed by atoms with van der Waals surface area (Å²) in [6, 6.07) is 0. The van der Waals surface area contributed by atoms with Crippen LogP contribution in [0.25, 0.3) is 0 Å². The van der Waals surface area contributed by atoms with E-state index in [0.29, 0.717) is 0 Å². The lowest BCUT2D eigenvalue weighted by Gasteiger charge is -2.16. The molecule has 0 N–H and O–H groups in total. The van der Waals surface area contributed by atoms with Crippen LogP contribution < -0.4 is 0 Å². The van der Waals surface area contributed by atoms with Crippen molar-refractivity contribution in [2.75, 3.05) is 12.0 Å². The third-order valence-corrected chi connectivity index (χ3v) is 1.73. The topological polar surface area (TPSA) is 20.3 Å². The molecule has 0 rings (SSSR count). The first-order valence-electron chi connectivity index (χ1n) is 2.83. The molecular weight excluding hydrogens is 179 g/mol. The highest BCUT2D eigenvalue weighted by Crippen LogP contribution is 2.21. The summed E-state index contributed by atoms with van der Waals surface area (Å²) in [5.41, 5.74) is 0. The van der Waals surface area contributed by atoms with E-state index < -0.39 is 17.6 Å². The summed E-state index contributed by atoms with van der Waals surface area (Å²) in [6.07, 6.45) is 0.764. The number of hydrogen-bond acceptors (Lipinski definition) is 3. The molecule has 0 bridgehead atoms. The van der Waals surface area contributed by atoms with Crippen molar-refractivity contribution in [3.05, 3.63) is 0 Å². The van der Waals surface area contributed by atoms with Crippen molar-refractivity contribution in [2.24, 2.45) is 0 Å². The summed E-state index contributed by atoms with van der Waals surface area (Å²) in [4.78, 5) is 9.87. The van der Waals surface area contributed by atoms with E-state index in [2.05, 4.69) is 0 Å². The van der Waals surface area contributed by atoms with Gasteiger partial charge in [-0.1, -0.05) is 8.96 Å². The second kappa shape index (κ2) is 4.61. The Bertz CT molecular complexity index is 135. The van der Waals surface area contributed by atoms with Gasteiger partial charge in [-0.2, -0.15) is 11.8 Å². The molecule has 0 saturated carbocycles. The fraction of sp³-hybridized carbons (Fsp3) is 0.800. The normalized spacial score (nSPS) is 16.5. The van der Waals surface area contributed by atoms with Gasteiger partial charge in [0.1, 0.15) is 0 Å². The van der Waals surface area contributed by atoms with Gasteiger partial charge in [-0.25, -0.2) is 4.39 Å². The molecule has 1 unspecified atom stereocenters. The standard InChI is InChI=1S/C5H8F3NOS/c1-11-3-2-5(6,4-10)9(7)8/h4H,2-3H2,1H3. The Morgan fingerprint density at radius 3 is 2.45 bits per heavy atom. The Balaban J connectivity index is 3.99. The van der Waals surface area contributed by atoms with Gasteiger partial charge in [0, 0.05) is 6.42 Å². The summed E-state index contributed by atoms with van der Waals surface area (Å²) in [5, 5.41) is -1.70. The molecule has 0 radical (unpaired) electrons. The first-order chi connectivity index (χ1) is 5.06. The van der Waals surface area contributed by atoms with Crippen LogP contribution in [-0.2, 0) is 4.79 Å². The smallest absolute Gasteiger partial charge is 0.277 e. The van der Waals surface area contributed by atoms with Gasteiger partial charge >= 0.3 is 0 Å². The molecular formula is C5H8F3NOS. The summed E-state index contributed by atoms with van der Waals surface area (Å²) >= 11 is 1.20. The molecule has 0 aromatic carbocycles. The van der Waals surface area contributed by atoms with Crippen molar-refractivity contribution in [3.63, 3.8) is 0 Å². The van der Waals surface area contributed by atoms with Crippen molar-refractivity contribution in [1.82, 2.24) is 5.34 Å². The lowest BCUT2D eigenvalue weighted by atomic mass is 10.2. The van der Waals surface area contributed by atoms with Crippen molar-refractivity contribution >= 4 is 18.0 Å². The first-order valence-corrected chi connectivity index (χ1v) is 4.22. The summed E-state index contributed by atoms with van der Waals surface area (Å²) in [5.74, 6) is -2.93. The molecule has 0 aliphatic carbocycles. The Morgan fingerprint density at radius 1 is 1.64 bits per heavy atom. The van der Waals surface area contributed by atoms with Gasteiger partial charge in [0.15, 0.2) is 6.29 Å². The molecule has 66 valence electrons. The van der Waals surface area contributed by atoms with E-state index in [0.717, 1.165) is 0 Å². The van der Waals surface area contributed by atoms with Crippen molar-refractivity contribution in [1.29, 1.82) is 0 Å². The van der Waals surface area contributed by atoms with Crippen LogP contribution in [0.5, 0.6) is 0 Å². The van der Waals surface area contributed by atoms with E-state index in [4.69, 9.17) is 0 Å². The highest BCUT2D eigenvalue weighted by molar-refractivity contribution is 7.98. The van der Waals surface area contributed by atoms with Gasteiger partial charge in [0.2, 0.25) is 0 Å². The number of hydrogen-bond donors (Lipinski definition) is 0. The average Bonchev–Trinajstić information content (AvgIpc) is 2.00. The molecule has 6 heteroatoms. The monoisotopic (exact) mass is 187 g/mol. The third kappa shape index (κ3) is 3.11. The third-order valence-electron chi connectivity index (χ3n) is 1.12. The zero-order valence-corrected chi connectivity index (χ0v) is 6.71. The number of nitrogens with zero attached hydrogens (tertiary/aromatic N) is 1. The minimum Gasteiger partial charge on any atom is -0.298 e. The van der Waals surface area contributed by atoms with Gasteiger partial charge in [-0.3, -0.25) is 4.79 Å². The van der Waals surface area contributed by atoms with E-state index in [1.165, 1.54) is 11.8 Å². The Morgan fingerprint density at radius 2 is 2.18 bits per heavy atom. The van der Waals surface area contributed by atoms with E-state index in [1.54, 1.807) is 6.26 Å². The van der Waals surface area contributed by atoms with Crippen molar-refractivity contribution < 1.29 is 18.1 Å². The summed E-state index contributed by atoms with van der Waals surface area (Å²) < 4.78 is 35.9. The Hall–Kier alpha value is -0.230. The summed E-state index contributed by atoms with van der Waals surface area (Å²) in [6.45, 7) is 0. The van der Waals surface area contributed by atoms with Gasteiger partial charge in [0.05, 0.1) is 5.34 Å². The molecule has 0 amide bonds. The van der Waals surface area contributed by atoms with Crippen molar-refractivity contribution in [3.8, 4) is 0 Å². The maximum Gasteiger partial charge on any atom is 0.277 e. The lowest BCUT2D eigenvalue weighted by molar-refractivity contribution is -0.262. The molecule has 11 heavy (non-hydrogen) atoms. The highest BCUT2D eigenvalue weighted by atomic mass is 32.2. The minimum atomic E-state index is -3.11. The van der Waals surface area contributed by atoms with E-state index in [9.17, 15) is 18.1 Å². The second-order valence-electron chi connectivity index (χ2n) is 1.91. The van der Waals surface area contributed by atoms with Gasteiger partial charge in [-0.15, -0.1) is 0 Å². The molecule has 0 heterocycles. The van der Waals surface area contributed by atoms with Crippen LogP contribution in [0.4, 0.5) is 13.4 Å². The number of carbonyl (C=O) groups excluding carboxylic acids is 1. The van der Waals surface area contributed by atoms with Crippen LogP contribution in [0.2, 0.25) is 0 Å². The lowest BCUT2D eigenvalue weighted by Crippen LogP contribution is -2.37. The minimum absolute atomic E-state index is 0.180. The molecule has 0 aliphatic heterocycles. The summed E-state index contributed by atoms with van der Waals surface area (Å²) in [7, 11) is 0. The second-order valence-corrected chi connectivity index (χ2v) is 2.90. The zero-order chi connectivity index (χ0) is 8.91. The molecule has 0 aromatic heterocycles. The molecule has 0 fully saturated rings. The van der Waals surface area contributed by atoms with Crippen LogP contribution in [0.1, 0.15) is 6.42 Å². The SMILES string of the molecule is CSCCC(F)(C=O)N(F)F. The quantitative estimate of drug-likeness (QED) is 0.371. The van der Waals surface area contributed by atoms with Gasteiger partial charge in [0.25, 0.3) is 5.79 Å². The largest absolute Gasteiger partial charge is 0.298 e. The van der Waals surface area contributed by atoms with E-state index >= 15 is 0 Å². The van der Waals surface area contributed by atoms with Gasteiger partial charge in [-0.05, 0) is 12.0 Å². The van der Waals surface area contributed by atoms with Crippen LogP contribution in [0.15, 0.2) is 0 Å². The maximum absolute atomic E-state index is 12.6. The van der Waals surface area contributed by atoms with E-state index in [-0.39, 0.29) is 12.0 Å². The highest BCUT2D eigenvalue weighted by Gasteiger charge is 2.38. The van der Waals surface area contributed by atoms with Crippen LogP contribution in [0, 0.1) is 0 Å². The Kier molecular flexibility index (Phi) is 4.51. The van der Waals surface area contributed by atoms with E-state index in [1.807, 2.05) is 0 Å². The number of carbonyl (C=O) groups is 1. The molecule has 1 atom stereocenters. The molecule has 0 aliphatic rings. The zero-order valence-electron chi connectivity index (χ0n) is 5.89. The molecule has 0 aromatic rings. The number of alkyl halides is 1. The van der Waals surface area contributed by atoms with Crippen molar-refractivity contribution in [2.45, 2.75) is 12.2 Å². The number of thioether (sulfide) groups is 1. The molecule has 0 saturated heterocycles. The predicted octanol–water partition coefficient (Wildman–Crippen LogP) is 1.68. The average molecular weight is 187 g/mol. The molecule has 2 nitrogen and oxygen atoms in total. The van der Waals surface area contributed by atoms with Gasteiger partial charge < -0.3 is 0 Å².